The van der Waals surface area contributed by atoms with Gasteiger partial charge in [-0.05, 0) is 49.5 Å². The molecule has 0 N–H and O–H groups in total. The molecule has 0 saturated heterocycles. The molecule has 0 aliphatic heterocycles. The van der Waals surface area contributed by atoms with Gasteiger partial charge < -0.3 is 0 Å². The van der Waals surface area contributed by atoms with Crippen LogP contribution in [0.3, 0.4) is 0 Å². The van der Waals surface area contributed by atoms with E-state index in [1.807, 2.05) is 11.9 Å². The minimum absolute atomic E-state index is 0.366. The molecule has 204 valence electrons. The molecule has 1 unspecified atom stereocenters. The summed E-state index contributed by atoms with van der Waals surface area (Å²) in [6, 6.07) is 10.5. The fraction of sp³-hybridized carbons (Fsp3) is 0.758. The molecule has 1 rings (SSSR count). The number of rotatable bonds is 24. The van der Waals surface area contributed by atoms with Gasteiger partial charge in [-0.2, -0.15) is 0 Å². The maximum atomic E-state index is 3.69. The monoisotopic (exact) mass is 520 g/mol. The van der Waals surface area contributed by atoms with Crippen LogP contribution in [0.2, 0.25) is 0 Å². The third-order valence-corrected chi connectivity index (χ3v) is 10.5. The Morgan fingerprint density at radius 1 is 0.571 bits per heavy atom. The lowest BCUT2D eigenvalue weighted by Crippen LogP contribution is -1.97. The Hall–Kier alpha value is -0.180. The van der Waals surface area contributed by atoms with Gasteiger partial charge >= 0.3 is 0 Å². The molecular weight excluding hydrogens is 458 g/mol. The van der Waals surface area contributed by atoms with Gasteiger partial charge in [-0.25, -0.2) is 0 Å². The van der Waals surface area contributed by atoms with Crippen molar-refractivity contribution in [2.24, 2.45) is 0 Å². The summed E-state index contributed by atoms with van der Waals surface area (Å²) >= 11 is 0. The van der Waals surface area contributed by atoms with Crippen LogP contribution >= 0.6 is 16.5 Å². The molecule has 0 amide bonds. The van der Waals surface area contributed by atoms with Crippen LogP contribution < -0.4 is 0 Å². The van der Waals surface area contributed by atoms with E-state index in [0.29, 0.717) is 7.92 Å². The molecule has 1 aromatic carbocycles. The quantitative estimate of drug-likeness (QED) is 0.0939. The van der Waals surface area contributed by atoms with Crippen LogP contribution in [0.4, 0.5) is 0 Å². The third-order valence-electron chi connectivity index (χ3n) is 6.78. The molecule has 0 aliphatic rings. The maximum absolute atomic E-state index is 3.69. The van der Waals surface area contributed by atoms with Crippen molar-refractivity contribution in [3.05, 3.63) is 48.3 Å². The van der Waals surface area contributed by atoms with Crippen LogP contribution in [0, 0.1) is 0 Å². The Labute approximate surface area is 225 Å². The summed E-state index contributed by atoms with van der Waals surface area (Å²) in [5.41, 5.74) is 1.40. The van der Waals surface area contributed by atoms with E-state index in [1.54, 1.807) is 18.5 Å². The van der Waals surface area contributed by atoms with Gasteiger partial charge in [0.25, 0.3) is 0 Å². The minimum atomic E-state index is 0.366. The number of hydrogen-bond acceptors (Lipinski definition) is 0. The Bertz CT molecular complexity index is 475. The molecule has 0 bridgehead atoms. The lowest BCUT2D eigenvalue weighted by Gasteiger charge is -2.18. The Morgan fingerprint density at radius 2 is 0.943 bits per heavy atom. The second-order valence-corrected chi connectivity index (χ2v) is 14.1. The highest BCUT2D eigenvalue weighted by Crippen LogP contribution is 2.39. The second-order valence-electron chi connectivity index (χ2n) is 10.2. The van der Waals surface area contributed by atoms with Crippen molar-refractivity contribution in [1.29, 1.82) is 0 Å². The average Bonchev–Trinajstić information content (AvgIpc) is 2.89. The van der Waals surface area contributed by atoms with E-state index < -0.39 is 0 Å². The van der Waals surface area contributed by atoms with Crippen molar-refractivity contribution in [3.63, 3.8) is 0 Å². The van der Waals surface area contributed by atoms with Gasteiger partial charge in [0.1, 0.15) is 0 Å². The van der Waals surface area contributed by atoms with Crippen molar-refractivity contribution < 1.29 is 0 Å². The maximum Gasteiger partial charge on any atom is -0.00661 e. The second kappa shape index (κ2) is 30.0. The molecule has 0 radical (unpaired) electrons. The predicted molar refractivity (Wildman–Crippen MR) is 170 cm³/mol. The highest BCUT2D eigenvalue weighted by molar-refractivity contribution is 7.57. The summed E-state index contributed by atoms with van der Waals surface area (Å²) in [5, 5.41) is 0. The van der Waals surface area contributed by atoms with Crippen LogP contribution in [0.25, 0.3) is 0 Å². The van der Waals surface area contributed by atoms with Gasteiger partial charge in [-0.15, -0.1) is 7.92 Å². The van der Waals surface area contributed by atoms with Crippen LogP contribution in [-0.4, -0.2) is 18.5 Å². The normalized spacial score (nSPS) is 11.2. The minimum Gasteiger partial charge on any atom is -0.107 e. The molecule has 2 heteroatoms. The van der Waals surface area contributed by atoms with Gasteiger partial charge in [0, 0.05) is 0 Å². The number of benzene rings is 1. The summed E-state index contributed by atoms with van der Waals surface area (Å²) in [6.07, 6.45) is 32.4. The van der Waals surface area contributed by atoms with Gasteiger partial charge in [0.2, 0.25) is 0 Å². The zero-order valence-electron chi connectivity index (χ0n) is 24.2. The summed E-state index contributed by atoms with van der Waals surface area (Å²) in [4.78, 5) is 0. The van der Waals surface area contributed by atoms with Crippen molar-refractivity contribution in [2.45, 2.75) is 143 Å². The van der Waals surface area contributed by atoms with E-state index in [1.165, 1.54) is 121 Å². The van der Waals surface area contributed by atoms with Gasteiger partial charge in [-0.1, -0.05) is 168 Å². The van der Waals surface area contributed by atoms with E-state index in [-0.39, 0.29) is 0 Å². The first kappa shape index (κ1) is 34.8. The number of unbranched alkanes of at least 4 members (excludes halogenated alkanes) is 15. The fourth-order valence-corrected chi connectivity index (χ4v) is 7.77. The van der Waals surface area contributed by atoms with Crippen LogP contribution in [0.1, 0.15) is 142 Å². The van der Waals surface area contributed by atoms with Crippen molar-refractivity contribution in [3.8, 4) is 0 Å². The summed E-state index contributed by atoms with van der Waals surface area (Å²) < 4.78 is 0. The molecule has 1 atom stereocenters. The van der Waals surface area contributed by atoms with Gasteiger partial charge in [0.15, 0.2) is 0 Å². The zero-order chi connectivity index (χ0) is 25.7. The van der Waals surface area contributed by atoms with E-state index >= 15 is 0 Å². The topological polar surface area (TPSA) is 0 Å². The molecule has 35 heavy (non-hydrogen) atoms. The lowest BCUT2D eigenvalue weighted by atomic mass is 10.1. The first-order valence-corrected chi connectivity index (χ1v) is 18.6. The highest BCUT2D eigenvalue weighted by atomic mass is 31.1. The summed E-state index contributed by atoms with van der Waals surface area (Å²) in [7, 11) is 1.22. The lowest BCUT2D eigenvalue weighted by molar-refractivity contribution is 0.617. The first-order chi connectivity index (χ1) is 17.3. The van der Waals surface area contributed by atoms with E-state index in [4.69, 9.17) is 0 Å². The van der Waals surface area contributed by atoms with Crippen molar-refractivity contribution in [2.75, 3.05) is 18.5 Å². The molecule has 0 saturated carbocycles. The number of hydrogen-bond donors (Lipinski definition) is 0. The van der Waals surface area contributed by atoms with Crippen molar-refractivity contribution in [1.82, 2.24) is 0 Å². The molecule has 0 aromatic heterocycles. The SMILES string of the molecule is C=CPCc1ccccc1.CCCCCCCCP(CCCCCCCC)CCCCCCCC. The Morgan fingerprint density at radius 3 is 1.31 bits per heavy atom. The first-order valence-electron chi connectivity index (χ1n) is 15.4. The molecule has 0 aliphatic carbocycles. The molecule has 0 spiro atoms. The van der Waals surface area contributed by atoms with E-state index in [9.17, 15) is 0 Å². The van der Waals surface area contributed by atoms with Gasteiger partial charge in [0.05, 0.1) is 0 Å². The van der Waals surface area contributed by atoms with Gasteiger partial charge in [-0.3, -0.25) is 0 Å². The molecule has 1 aromatic rings. The smallest absolute Gasteiger partial charge is 0.00661 e. The molecular formula is C33H62P2. The summed E-state index contributed by atoms with van der Waals surface area (Å²) in [6.45, 7) is 10.6. The summed E-state index contributed by atoms with van der Waals surface area (Å²) in [5.74, 6) is 1.98. The van der Waals surface area contributed by atoms with Crippen LogP contribution in [0.15, 0.2) is 42.7 Å². The predicted octanol–water partition coefficient (Wildman–Crippen LogP) is 12.6. The standard InChI is InChI=1S/C24H51P.C9H11P/c1-4-7-10-13-16-19-22-25(23-20-17-14-11-8-5-2)24-21-18-15-12-9-6-3;1-2-10-8-9-6-4-3-5-7-9/h4-24H2,1-3H3;2-7,10H,1,8H2. The average molecular weight is 521 g/mol. The van der Waals surface area contributed by atoms with E-state index in [0.717, 1.165) is 14.7 Å². The Kier molecular flexibility index (Phi) is 29.9. The van der Waals surface area contributed by atoms with Crippen LogP contribution in [0.5, 0.6) is 0 Å². The molecule has 0 fully saturated rings. The van der Waals surface area contributed by atoms with Crippen LogP contribution in [-0.2, 0) is 6.16 Å². The fourth-order valence-electron chi connectivity index (χ4n) is 4.47. The van der Waals surface area contributed by atoms with E-state index in [2.05, 4.69) is 51.6 Å². The van der Waals surface area contributed by atoms with Crippen molar-refractivity contribution >= 4 is 16.5 Å². The molecule has 0 nitrogen and oxygen atoms in total. The Balaban J connectivity index is 0.000000952. The third kappa shape index (κ3) is 26.7. The largest absolute Gasteiger partial charge is 0.107 e. The molecule has 0 heterocycles. The highest BCUT2D eigenvalue weighted by Gasteiger charge is 2.07. The zero-order valence-corrected chi connectivity index (χ0v) is 26.1.